The Morgan fingerprint density at radius 1 is 1.25 bits per heavy atom. The number of hydrogen-bond acceptors (Lipinski definition) is 4. The maximum atomic E-state index is 10.7. The molecule has 4 nitrogen and oxygen atoms in total. The van der Waals surface area contributed by atoms with Crippen LogP contribution in [0, 0.1) is 0 Å². The number of aromatic nitrogens is 1. The largest absolute Gasteiger partial charge is 0.493 e. The van der Waals surface area contributed by atoms with Gasteiger partial charge in [-0.25, -0.2) is 9.78 Å². The molecule has 0 saturated carbocycles. The van der Waals surface area contributed by atoms with Crippen LogP contribution in [-0.4, -0.2) is 28.4 Å². The van der Waals surface area contributed by atoms with Crippen LogP contribution >= 0.6 is 27.7 Å². The Morgan fingerprint density at radius 2 is 2.00 bits per heavy atom. The number of hydrogen-bond donors (Lipinski definition) is 1. The lowest BCUT2D eigenvalue weighted by Crippen LogP contribution is -2.01. The lowest BCUT2D eigenvalue weighted by molar-refractivity contribution is 0.0696. The molecule has 2 rings (SSSR count). The van der Waals surface area contributed by atoms with E-state index in [9.17, 15) is 4.79 Å². The van der Waals surface area contributed by atoms with Crippen LogP contribution in [0.5, 0.6) is 5.75 Å². The molecule has 104 valence electrons. The third kappa shape index (κ3) is 4.54. The van der Waals surface area contributed by atoms with Crippen LogP contribution in [0.15, 0.2) is 52.1 Å². The number of benzene rings is 1. The number of carbonyl (C=O) groups is 1. The summed E-state index contributed by atoms with van der Waals surface area (Å²) in [5, 5.41) is 9.55. The second-order valence-electron chi connectivity index (χ2n) is 3.84. The number of carboxylic acids is 1. The van der Waals surface area contributed by atoms with Crippen LogP contribution in [0.2, 0.25) is 0 Å². The average molecular weight is 354 g/mol. The van der Waals surface area contributed by atoms with Crippen molar-refractivity contribution in [3.8, 4) is 5.75 Å². The lowest BCUT2D eigenvalue weighted by Gasteiger charge is -2.05. The third-order valence-electron chi connectivity index (χ3n) is 2.40. The van der Waals surface area contributed by atoms with E-state index in [0.717, 1.165) is 21.0 Å². The van der Waals surface area contributed by atoms with Crippen LogP contribution in [0.4, 0.5) is 0 Å². The van der Waals surface area contributed by atoms with Crippen molar-refractivity contribution in [2.24, 2.45) is 0 Å². The molecule has 1 N–H and O–H groups in total. The first-order chi connectivity index (χ1) is 9.65. The summed E-state index contributed by atoms with van der Waals surface area (Å²) in [6.07, 6.45) is 1.36. The summed E-state index contributed by atoms with van der Waals surface area (Å²) in [5.74, 6) is 0.603. The number of carboxylic acid groups (broad SMARTS) is 1. The molecular formula is C14H12BrNO3S. The fourth-order valence-electron chi connectivity index (χ4n) is 1.43. The van der Waals surface area contributed by atoms with E-state index in [2.05, 4.69) is 20.9 Å². The standard InChI is InChI=1S/C14H12BrNO3S/c15-11-2-4-12(5-3-11)19-7-8-20-13-6-1-10(9-16-13)14(17)18/h1-6,9H,7-8H2,(H,17,18). The predicted octanol–water partition coefficient (Wildman–Crippen LogP) is 3.71. The molecular weight excluding hydrogens is 342 g/mol. The van der Waals surface area contributed by atoms with Crippen LogP contribution in [0.1, 0.15) is 10.4 Å². The smallest absolute Gasteiger partial charge is 0.337 e. The molecule has 0 fully saturated rings. The van der Waals surface area contributed by atoms with Crippen molar-refractivity contribution >= 4 is 33.7 Å². The van der Waals surface area contributed by atoms with Gasteiger partial charge in [0.05, 0.1) is 17.2 Å². The second kappa shape index (κ2) is 7.31. The highest BCUT2D eigenvalue weighted by molar-refractivity contribution is 9.10. The topological polar surface area (TPSA) is 59.4 Å². The summed E-state index contributed by atoms with van der Waals surface area (Å²) in [4.78, 5) is 14.8. The number of nitrogens with zero attached hydrogens (tertiary/aromatic N) is 1. The molecule has 0 saturated heterocycles. The zero-order valence-electron chi connectivity index (χ0n) is 10.5. The molecule has 1 aromatic heterocycles. The van der Waals surface area contributed by atoms with E-state index < -0.39 is 5.97 Å². The Labute approximate surface area is 129 Å². The zero-order valence-corrected chi connectivity index (χ0v) is 12.9. The Kier molecular flexibility index (Phi) is 5.43. The number of aromatic carboxylic acids is 1. The van der Waals surface area contributed by atoms with Crippen LogP contribution < -0.4 is 4.74 Å². The Hall–Kier alpha value is -1.53. The molecule has 2 aromatic rings. The van der Waals surface area contributed by atoms with E-state index in [1.807, 2.05) is 24.3 Å². The number of pyridine rings is 1. The third-order valence-corrected chi connectivity index (χ3v) is 3.84. The van der Waals surface area contributed by atoms with E-state index in [1.165, 1.54) is 18.0 Å². The quantitative estimate of drug-likeness (QED) is 0.633. The van der Waals surface area contributed by atoms with Crippen molar-refractivity contribution in [1.29, 1.82) is 0 Å². The second-order valence-corrected chi connectivity index (χ2v) is 5.87. The fraction of sp³-hybridized carbons (Fsp3) is 0.143. The van der Waals surface area contributed by atoms with Crippen molar-refractivity contribution in [1.82, 2.24) is 4.98 Å². The molecule has 1 heterocycles. The molecule has 6 heteroatoms. The van der Waals surface area contributed by atoms with Gasteiger partial charge in [0, 0.05) is 16.4 Å². The normalized spacial score (nSPS) is 10.2. The van der Waals surface area contributed by atoms with Gasteiger partial charge in [-0.05, 0) is 36.4 Å². The van der Waals surface area contributed by atoms with Gasteiger partial charge in [-0.3, -0.25) is 0 Å². The molecule has 0 radical (unpaired) electrons. The first-order valence-electron chi connectivity index (χ1n) is 5.85. The first-order valence-corrected chi connectivity index (χ1v) is 7.63. The van der Waals surface area contributed by atoms with E-state index in [0.29, 0.717) is 6.61 Å². The van der Waals surface area contributed by atoms with Gasteiger partial charge in [-0.1, -0.05) is 15.9 Å². The van der Waals surface area contributed by atoms with Crippen LogP contribution in [0.3, 0.4) is 0 Å². The molecule has 0 aliphatic carbocycles. The maximum absolute atomic E-state index is 10.7. The fourth-order valence-corrected chi connectivity index (χ4v) is 2.36. The zero-order chi connectivity index (χ0) is 14.4. The van der Waals surface area contributed by atoms with Gasteiger partial charge in [0.1, 0.15) is 5.75 Å². The van der Waals surface area contributed by atoms with Gasteiger partial charge < -0.3 is 9.84 Å². The molecule has 0 amide bonds. The highest BCUT2D eigenvalue weighted by Gasteiger charge is 2.03. The highest BCUT2D eigenvalue weighted by atomic mass is 79.9. The van der Waals surface area contributed by atoms with Crippen LogP contribution in [0.25, 0.3) is 0 Å². The van der Waals surface area contributed by atoms with Crippen molar-refractivity contribution in [3.05, 3.63) is 52.6 Å². The first kappa shape index (κ1) is 14.9. The molecule has 0 unspecified atom stereocenters. The average Bonchev–Trinajstić information content (AvgIpc) is 2.46. The van der Waals surface area contributed by atoms with Gasteiger partial charge in [0.25, 0.3) is 0 Å². The summed E-state index contributed by atoms with van der Waals surface area (Å²) >= 11 is 4.89. The van der Waals surface area contributed by atoms with Gasteiger partial charge in [-0.15, -0.1) is 11.8 Å². The SMILES string of the molecule is O=C(O)c1ccc(SCCOc2ccc(Br)cc2)nc1. The minimum atomic E-state index is -0.965. The van der Waals surface area contributed by atoms with Crippen molar-refractivity contribution in [3.63, 3.8) is 0 Å². The minimum Gasteiger partial charge on any atom is -0.493 e. The summed E-state index contributed by atoms with van der Waals surface area (Å²) < 4.78 is 6.60. The molecule has 1 aromatic carbocycles. The minimum absolute atomic E-state index is 0.195. The van der Waals surface area contributed by atoms with Crippen molar-refractivity contribution in [2.45, 2.75) is 5.03 Å². The van der Waals surface area contributed by atoms with Gasteiger partial charge in [-0.2, -0.15) is 0 Å². The number of ether oxygens (including phenoxy) is 1. The number of rotatable bonds is 6. The van der Waals surface area contributed by atoms with Crippen LogP contribution in [-0.2, 0) is 0 Å². The predicted molar refractivity (Wildman–Crippen MR) is 81.6 cm³/mol. The van der Waals surface area contributed by atoms with Crippen molar-refractivity contribution < 1.29 is 14.6 Å². The van der Waals surface area contributed by atoms with Gasteiger partial charge >= 0.3 is 5.97 Å². The monoisotopic (exact) mass is 353 g/mol. The lowest BCUT2D eigenvalue weighted by atomic mass is 10.3. The summed E-state index contributed by atoms with van der Waals surface area (Å²) in [6, 6.07) is 10.9. The molecule has 0 bridgehead atoms. The van der Waals surface area contributed by atoms with Gasteiger partial charge in [0.2, 0.25) is 0 Å². The Balaban J connectivity index is 1.75. The number of halogens is 1. The summed E-state index contributed by atoms with van der Waals surface area (Å²) in [7, 11) is 0. The molecule has 0 spiro atoms. The maximum Gasteiger partial charge on any atom is 0.337 e. The highest BCUT2D eigenvalue weighted by Crippen LogP contribution is 2.18. The molecule has 0 atom stereocenters. The molecule has 0 aliphatic heterocycles. The summed E-state index contributed by atoms with van der Waals surface area (Å²) in [5.41, 5.74) is 0.195. The van der Waals surface area contributed by atoms with E-state index in [-0.39, 0.29) is 5.56 Å². The molecule has 20 heavy (non-hydrogen) atoms. The Bertz CT molecular complexity index is 572. The van der Waals surface area contributed by atoms with E-state index >= 15 is 0 Å². The number of thioether (sulfide) groups is 1. The van der Waals surface area contributed by atoms with Crippen molar-refractivity contribution in [2.75, 3.05) is 12.4 Å². The van der Waals surface area contributed by atoms with Gasteiger partial charge in [0.15, 0.2) is 0 Å². The Morgan fingerprint density at radius 3 is 2.60 bits per heavy atom. The summed E-state index contributed by atoms with van der Waals surface area (Å²) in [6.45, 7) is 0.564. The van der Waals surface area contributed by atoms with E-state index in [1.54, 1.807) is 12.1 Å². The molecule has 0 aliphatic rings. The van der Waals surface area contributed by atoms with E-state index in [4.69, 9.17) is 9.84 Å².